The second-order valence-corrected chi connectivity index (χ2v) is 8.32. The van der Waals surface area contributed by atoms with Crippen LogP contribution in [0.3, 0.4) is 0 Å². The number of sulfonamides is 1. The normalized spacial score (nSPS) is 18.9. The van der Waals surface area contributed by atoms with E-state index in [9.17, 15) is 8.42 Å². The third-order valence-corrected chi connectivity index (χ3v) is 5.69. The van der Waals surface area contributed by atoms with Crippen molar-refractivity contribution in [1.29, 1.82) is 0 Å². The molecule has 1 fully saturated rings. The van der Waals surface area contributed by atoms with Crippen molar-refractivity contribution in [2.45, 2.75) is 18.9 Å². The van der Waals surface area contributed by atoms with Gasteiger partial charge < -0.3 is 10.3 Å². The monoisotopic (exact) mass is 373 g/mol. The maximum absolute atomic E-state index is 11.8. The first-order valence-electron chi connectivity index (χ1n) is 8.34. The number of H-pyrrole nitrogens is 1. The summed E-state index contributed by atoms with van der Waals surface area (Å²) in [7, 11) is -3.19. The van der Waals surface area contributed by atoms with E-state index in [0.717, 1.165) is 18.4 Å². The van der Waals surface area contributed by atoms with Gasteiger partial charge in [0.15, 0.2) is 11.3 Å². The Morgan fingerprint density at radius 1 is 1.31 bits per heavy atom. The molecule has 0 aliphatic carbocycles. The molecule has 10 heteroatoms. The van der Waals surface area contributed by atoms with E-state index in [0.29, 0.717) is 35.9 Å². The van der Waals surface area contributed by atoms with Crippen molar-refractivity contribution in [3.8, 4) is 11.3 Å². The minimum absolute atomic E-state index is 0.00537. The van der Waals surface area contributed by atoms with Gasteiger partial charge in [0.2, 0.25) is 10.0 Å². The van der Waals surface area contributed by atoms with Crippen LogP contribution in [0, 0.1) is 0 Å². The molecule has 136 valence electrons. The van der Waals surface area contributed by atoms with Gasteiger partial charge in [-0.25, -0.2) is 32.7 Å². The zero-order chi connectivity index (χ0) is 18.1. The number of aromatic nitrogens is 5. The lowest BCUT2D eigenvalue weighted by atomic mass is 10.1. The Labute approximate surface area is 151 Å². The van der Waals surface area contributed by atoms with Crippen LogP contribution in [-0.2, 0) is 10.0 Å². The third-order valence-electron chi connectivity index (χ3n) is 4.42. The van der Waals surface area contributed by atoms with Crippen LogP contribution < -0.4 is 5.32 Å². The number of anilines is 1. The van der Waals surface area contributed by atoms with Crippen molar-refractivity contribution < 1.29 is 8.42 Å². The summed E-state index contributed by atoms with van der Waals surface area (Å²) in [6.45, 7) is 0.992. The molecule has 0 saturated carbocycles. The van der Waals surface area contributed by atoms with E-state index in [1.54, 1.807) is 18.7 Å². The summed E-state index contributed by atoms with van der Waals surface area (Å²) >= 11 is 0. The number of fused-ring (bicyclic) bond motifs is 1. The van der Waals surface area contributed by atoms with Crippen LogP contribution >= 0.6 is 0 Å². The predicted molar refractivity (Wildman–Crippen MR) is 98.0 cm³/mol. The Hall–Kier alpha value is -2.59. The summed E-state index contributed by atoms with van der Waals surface area (Å²) < 4.78 is 25.2. The Morgan fingerprint density at radius 3 is 3.04 bits per heavy atom. The van der Waals surface area contributed by atoms with Crippen molar-refractivity contribution >= 4 is 27.1 Å². The molecular weight excluding hydrogens is 354 g/mol. The first kappa shape index (κ1) is 16.9. The maximum atomic E-state index is 11.8. The van der Waals surface area contributed by atoms with E-state index in [2.05, 4.69) is 30.2 Å². The highest BCUT2D eigenvalue weighted by atomic mass is 32.2. The first-order valence-corrected chi connectivity index (χ1v) is 10.2. The summed E-state index contributed by atoms with van der Waals surface area (Å²) in [5.41, 5.74) is 2.64. The van der Waals surface area contributed by atoms with Gasteiger partial charge in [-0.05, 0) is 25.0 Å². The molecule has 2 N–H and O–H groups in total. The molecule has 0 amide bonds. The van der Waals surface area contributed by atoms with E-state index >= 15 is 0 Å². The summed E-state index contributed by atoms with van der Waals surface area (Å²) in [6.07, 6.45) is 7.86. The van der Waals surface area contributed by atoms with E-state index in [4.69, 9.17) is 0 Å². The lowest BCUT2D eigenvalue weighted by Crippen LogP contribution is -2.44. The van der Waals surface area contributed by atoms with Crippen LogP contribution in [0.4, 0.5) is 5.82 Å². The lowest BCUT2D eigenvalue weighted by Gasteiger charge is -2.32. The molecule has 4 heterocycles. The van der Waals surface area contributed by atoms with Crippen LogP contribution in [-0.4, -0.2) is 63.0 Å². The van der Waals surface area contributed by atoms with Gasteiger partial charge in [-0.2, -0.15) is 0 Å². The molecule has 1 saturated heterocycles. The average molecular weight is 373 g/mol. The van der Waals surface area contributed by atoms with Gasteiger partial charge in [0, 0.05) is 30.9 Å². The number of imidazole rings is 1. The molecule has 0 unspecified atom stereocenters. The highest BCUT2D eigenvalue weighted by Crippen LogP contribution is 2.26. The minimum atomic E-state index is -3.19. The zero-order valence-electron chi connectivity index (χ0n) is 14.3. The van der Waals surface area contributed by atoms with Gasteiger partial charge >= 0.3 is 0 Å². The smallest absolute Gasteiger partial charge is 0.211 e. The molecule has 1 aliphatic rings. The molecule has 0 spiro atoms. The second kappa shape index (κ2) is 6.61. The number of nitrogens with one attached hydrogen (secondary N) is 2. The van der Waals surface area contributed by atoms with Gasteiger partial charge in [0.25, 0.3) is 0 Å². The molecule has 0 bridgehead atoms. The Balaban J connectivity index is 1.61. The van der Waals surface area contributed by atoms with Gasteiger partial charge in [0.1, 0.15) is 5.82 Å². The fraction of sp³-hybridized carbons (Fsp3) is 0.375. The molecule has 9 nitrogen and oxygen atoms in total. The Morgan fingerprint density at radius 2 is 2.19 bits per heavy atom. The van der Waals surface area contributed by atoms with E-state index in [1.165, 1.54) is 10.6 Å². The summed E-state index contributed by atoms with van der Waals surface area (Å²) in [6, 6.07) is 3.74. The van der Waals surface area contributed by atoms with Crippen LogP contribution in [0.1, 0.15) is 12.8 Å². The molecule has 4 rings (SSSR count). The second-order valence-electron chi connectivity index (χ2n) is 6.33. The maximum Gasteiger partial charge on any atom is 0.211 e. The largest absolute Gasteiger partial charge is 0.365 e. The molecule has 3 aromatic heterocycles. The van der Waals surface area contributed by atoms with Crippen molar-refractivity contribution in [1.82, 2.24) is 29.2 Å². The zero-order valence-corrected chi connectivity index (χ0v) is 15.1. The number of piperidine rings is 1. The molecular formula is C16H19N7O2S. The molecule has 1 aliphatic heterocycles. The molecule has 26 heavy (non-hydrogen) atoms. The molecule has 3 aromatic rings. The van der Waals surface area contributed by atoms with Crippen molar-refractivity contribution in [2.24, 2.45) is 0 Å². The van der Waals surface area contributed by atoms with E-state index < -0.39 is 10.0 Å². The highest BCUT2D eigenvalue weighted by Gasteiger charge is 2.26. The molecule has 0 radical (unpaired) electrons. The van der Waals surface area contributed by atoms with Gasteiger partial charge in [0.05, 0.1) is 24.5 Å². The van der Waals surface area contributed by atoms with Gasteiger partial charge in [-0.15, -0.1) is 0 Å². The number of aromatic amines is 1. The quantitative estimate of drug-likeness (QED) is 0.707. The van der Waals surface area contributed by atoms with E-state index in [-0.39, 0.29) is 6.04 Å². The Bertz CT molecular complexity index is 1030. The number of rotatable bonds is 4. The Kier molecular flexibility index (Phi) is 4.29. The topological polar surface area (TPSA) is 117 Å². The van der Waals surface area contributed by atoms with Crippen LogP contribution in [0.2, 0.25) is 0 Å². The van der Waals surface area contributed by atoms with Gasteiger partial charge in [-0.3, -0.25) is 0 Å². The standard InChI is InChI=1S/C16H19N7O2S/c1-26(24,25)23-7-3-4-11(9-23)21-14-12(5-2-6-17-14)13-8-18-15-16(22-13)20-10-19-15/h2,5-6,8,10-11H,3-4,7,9H2,1H3,(H,17,21)(H,18,19,20,22)/t11-/m0/s1. The van der Waals surface area contributed by atoms with Crippen LogP contribution in [0.25, 0.3) is 22.6 Å². The number of nitrogens with zero attached hydrogens (tertiary/aromatic N) is 5. The number of pyridine rings is 1. The highest BCUT2D eigenvalue weighted by molar-refractivity contribution is 7.88. The van der Waals surface area contributed by atoms with Crippen molar-refractivity contribution in [2.75, 3.05) is 24.7 Å². The first-order chi connectivity index (χ1) is 12.5. The van der Waals surface area contributed by atoms with Crippen LogP contribution in [0.5, 0.6) is 0 Å². The lowest BCUT2D eigenvalue weighted by molar-refractivity contribution is 0.329. The van der Waals surface area contributed by atoms with E-state index in [1.807, 2.05) is 12.1 Å². The number of hydrogen-bond donors (Lipinski definition) is 2. The molecule has 1 atom stereocenters. The SMILES string of the molecule is CS(=O)(=O)N1CCC[C@H](Nc2ncccc2-c2cnc3[nH]cnc3n2)C1. The number of hydrogen-bond acceptors (Lipinski definition) is 7. The van der Waals surface area contributed by atoms with Crippen molar-refractivity contribution in [3.63, 3.8) is 0 Å². The summed E-state index contributed by atoms with van der Waals surface area (Å²) in [4.78, 5) is 20.3. The molecule has 0 aromatic carbocycles. The summed E-state index contributed by atoms with van der Waals surface area (Å²) in [5, 5.41) is 3.38. The third kappa shape index (κ3) is 3.37. The predicted octanol–water partition coefficient (Wildman–Crippen LogP) is 1.25. The minimum Gasteiger partial charge on any atom is -0.365 e. The van der Waals surface area contributed by atoms with Crippen LogP contribution in [0.15, 0.2) is 30.9 Å². The van der Waals surface area contributed by atoms with Gasteiger partial charge in [-0.1, -0.05) is 0 Å². The average Bonchev–Trinajstić information content (AvgIpc) is 3.09. The summed E-state index contributed by atoms with van der Waals surface area (Å²) in [5.74, 6) is 0.664. The van der Waals surface area contributed by atoms with Crippen molar-refractivity contribution in [3.05, 3.63) is 30.9 Å². The fourth-order valence-corrected chi connectivity index (χ4v) is 4.05. The fourth-order valence-electron chi connectivity index (χ4n) is 3.14.